The zero-order valence-electron chi connectivity index (χ0n) is 16.4. The van der Waals surface area contributed by atoms with E-state index in [9.17, 15) is 4.79 Å². The Hall–Kier alpha value is -2.24. The largest absolute Gasteiger partial charge is 0.493 e. The Morgan fingerprint density at radius 2 is 1.75 bits per heavy atom. The number of carbonyl (C=O) groups is 1. The van der Waals surface area contributed by atoms with Gasteiger partial charge in [0.1, 0.15) is 5.75 Å². The summed E-state index contributed by atoms with van der Waals surface area (Å²) in [5.74, 6) is 3.14. The third kappa shape index (κ3) is 6.14. The lowest BCUT2D eigenvalue weighted by Gasteiger charge is -2.27. The number of hydrogen-bond acceptors (Lipinski definition) is 4. The van der Waals surface area contributed by atoms with Crippen molar-refractivity contribution in [3.63, 3.8) is 0 Å². The van der Waals surface area contributed by atoms with Gasteiger partial charge in [-0.1, -0.05) is 19.1 Å². The standard InChI is InChI=1S/C22H28N2O3.ClH/c1-16(17-11-13-23-14-12-17)15-22(25)24-18-7-9-19(10-8-18)27-21-6-4-3-5-20(21)26-2;/h3-10,16-17,23H,11-15H2,1-2H3,(H,24,25);1H. The van der Waals surface area contributed by atoms with Crippen LogP contribution in [0.4, 0.5) is 5.69 Å². The topological polar surface area (TPSA) is 59.6 Å². The monoisotopic (exact) mass is 404 g/mol. The SMILES string of the molecule is COc1ccccc1Oc1ccc(NC(=O)CC(C)C2CCNCC2)cc1.Cl. The van der Waals surface area contributed by atoms with Gasteiger partial charge in [0.2, 0.25) is 5.91 Å². The molecular formula is C22H29ClN2O3. The molecule has 1 unspecified atom stereocenters. The lowest BCUT2D eigenvalue weighted by molar-refractivity contribution is -0.117. The van der Waals surface area contributed by atoms with Gasteiger partial charge in [0.25, 0.3) is 0 Å². The van der Waals surface area contributed by atoms with Crippen LogP contribution in [0.15, 0.2) is 48.5 Å². The maximum Gasteiger partial charge on any atom is 0.224 e. The van der Waals surface area contributed by atoms with Gasteiger partial charge in [0.05, 0.1) is 7.11 Å². The van der Waals surface area contributed by atoms with E-state index in [-0.39, 0.29) is 18.3 Å². The molecule has 0 spiro atoms. The fraction of sp³-hybridized carbons (Fsp3) is 0.409. The summed E-state index contributed by atoms with van der Waals surface area (Å²) in [4.78, 5) is 12.4. The lowest BCUT2D eigenvalue weighted by atomic mass is 9.84. The van der Waals surface area contributed by atoms with Gasteiger partial charge in [-0.05, 0) is 74.2 Å². The van der Waals surface area contributed by atoms with Gasteiger partial charge < -0.3 is 20.1 Å². The number of amides is 1. The third-order valence-electron chi connectivity index (χ3n) is 5.13. The summed E-state index contributed by atoms with van der Waals surface area (Å²) >= 11 is 0. The second kappa shape index (κ2) is 10.9. The van der Waals surface area contributed by atoms with Crippen molar-refractivity contribution in [3.05, 3.63) is 48.5 Å². The highest BCUT2D eigenvalue weighted by Crippen LogP contribution is 2.31. The Kier molecular flexibility index (Phi) is 8.61. The molecule has 1 amide bonds. The minimum atomic E-state index is 0. The molecule has 152 valence electrons. The Bertz CT molecular complexity index is 746. The maximum atomic E-state index is 12.4. The molecule has 1 aliphatic rings. The highest BCUT2D eigenvalue weighted by Gasteiger charge is 2.22. The first-order valence-corrected chi connectivity index (χ1v) is 9.57. The Morgan fingerprint density at radius 1 is 1.11 bits per heavy atom. The maximum absolute atomic E-state index is 12.4. The van der Waals surface area contributed by atoms with Gasteiger partial charge in [0, 0.05) is 12.1 Å². The molecule has 0 aliphatic carbocycles. The summed E-state index contributed by atoms with van der Waals surface area (Å²) in [6.45, 7) is 4.30. The van der Waals surface area contributed by atoms with E-state index in [1.54, 1.807) is 7.11 Å². The van der Waals surface area contributed by atoms with Crippen LogP contribution in [0.1, 0.15) is 26.2 Å². The minimum Gasteiger partial charge on any atom is -0.493 e. The average Bonchev–Trinajstić information content (AvgIpc) is 2.70. The highest BCUT2D eigenvalue weighted by molar-refractivity contribution is 5.90. The number of piperidine rings is 1. The van der Waals surface area contributed by atoms with E-state index in [1.807, 2.05) is 48.5 Å². The summed E-state index contributed by atoms with van der Waals surface area (Å²) in [5.41, 5.74) is 0.782. The van der Waals surface area contributed by atoms with Crippen molar-refractivity contribution in [2.45, 2.75) is 26.2 Å². The molecule has 5 nitrogen and oxygen atoms in total. The lowest BCUT2D eigenvalue weighted by Crippen LogP contribution is -2.32. The zero-order chi connectivity index (χ0) is 19.1. The van der Waals surface area contributed by atoms with Crippen LogP contribution in [0.2, 0.25) is 0 Å². The molecule has 1 saturated heterocycles. The van der Waals surface area contributed by atoms with Crippen LogP contribution < -0.4 is 20.1 Å². The molecule has 28 heavy (non-hydrogen) atoms. The molecule has 1 heterocycles. The van der Waals surface area contributed by atoms with Gasteiger partial charge in [-0.25, -0.2) is 0 Å². The molecule has 1 atom stereocenters. The van der Waals surface area contributed by atoms with Gasteiger partial charge in [-0.15, -0.1) is 12.4 Å². The molecule has 1 fully saturated rings. The predicted molar refractivity (Wildman–Crippen MR) is 115 cm³/mol. The number of halogens is 1. The average molecular weight is 405 g/mol. The number of nitrogens with one attached hydrogen (secondary N) is 2. The molecule has 6 heteroatoms. The molecule has 0 bridgehead atoms. The number of methoxy groups -OCH3 is 1. The van der Waals surface area contributed by atoms with Crippen molar-refractivity contribution in [3.8, 4) is 17.2 Å². The highest BCUT2D eigenvalue weighted by atomic mass is 35.5. The normalized spacial score (nSPS) is 15.2. The van der Waals surface area contributed by atoms with Crippen molar-refractivity contribution >= 4 is 24.0 Å². The first kappa shape index (κ1) is 22.1. The van der Waals surface area contributed by atoms with E-state index in [4.69, 9.17) is 9.47 Å². The van der Waals surface area contributed by atoms with Crippen LogP contribution >= 0.6 is 12.4 Å². The van der Waals surface area contributed by atoms with E-state index in [1.165, 1.54) is 0 Å². The summed E-state index contributed by atoms with van der Waals surface area (Å²) in [7, 11) is 1.62. The van der Waals surface area contributed by atoms with E-state index < -0.39 is 0 Å². The van der Waals surface area contributed by atoms with Crippen molar-refractivity contribution in [2.24, 2.45) is 11.8 Å². The Morgan fingerprint density at radius 3 is 2.39 bits per heavy atom. The van der Waals surface area contributed by atoms with E-state index in [2.05, 4.69) is 17.6 Å². The number of hydrogen-bond donors (Lipinski definition) is 2. The summed E-state index contributed by atoms with van der Waals surface area (Å²) in [5, 5.41) is 6.36. The number of benzene rings is 2. The summed E-state index contributed by atoms with van der Waals surface area (Å²) in [6, 6.07) is 14.9. The van der Waals surface area contributed by atoms with Crippen LogP contribution in [0.5, 0.6) is 17.2 Å². The summed E-state index contributed by atoms with van der Waals surface area (Å²) in [6.07, 6.45) is 2.87. The van der Waals surface area contributed by atoms with Crippen LogP contribution in [-0.2, 0) is 4.79 Å². The van der Waals surface area contributed by atoms with E-state index in [0.717, 1.165) is 31.6 Å². The smallest absolute Gasteiger partial charge is 0.224 e. The summed E-state index contributed by atoms with van der Waals surface area (Å²) < 4.78 is 11.2. The van der Waals surface area contributed by atoms with Crippen molar-refractivity contribution in [1.82, 2.24) is 5.32 Å². The van der Waals surface area contributed by atoms with Gasteiger partial charge >= 0.3 is 0 Å². The molecular weight excluding hydrogens is 376 g/mol. The first-order valence-electron chi connectivity index (χ1n) is 9.57. The minimum absolute atomic E-state index is 0. The number of carbonyl (C=O) groups excluding carboxylic acids is 1. The number of ether oxygens (including phenoxy) is 2. The fourth-order valence-corrected chi connectivity index (χ4v) is 3.52. The van der Waals surface area contributed by atoms with Crippen LogP contribution in [0.25, 0.3) is 0 Å². The van der Waals surface area contributed by atoms with Crippen molar-refractivity contribution in [2.75, 3.05) is 25.5 Å². The van der Waals surface area contributed by atoms with Crippen molar-refractivity contribution < 1.29 is 14.3 Å². The Labute approximate surface area is 173 Å². The number of rotatable bonds is 7. The zero-order valence-corrected chi connectivity index (χ0v) is 17.3. The molecule has 0 radical (unpaired) electrons. The van der Waals surface area contributed by atoms with Crippen LogP contribution in [0, 0.1) is 11.8 Å². The fourth-order valence-electron chi connectivity index (χ4n) is 3.52. The van der Waals surface area contributed by atoms with E-state index in [0.29, 0.717) is 35.5 Å². The predicted octanol–water partition coefficient (Wildman–Crippen LogP) is 4.87. The van der Waals surface area contributed by atoms with Gasteiger partial charge in [-0.2, -0.15) is 0 Å². The van der Waals surface area contributed by atoms with Gasteiger partial charge in [0.15, 0.2) is 11.5 Å². The molecule has 2 aromatic carbocycles. The molecule has 1 aliphatic heterocycles. The third-order valence-corrected chi connectivity index (χ3v) is 5.13. The number of para-hydroxylation sites is 2. The van der Waals surface area contributed by atoms with Crippen molar-refractivity contribution in [1.29, 1.82) is 0 Å². The second-order valence-electron chi connectivity index (χ2n) is 7.09. The second-order valence-corrected chi connectivity index (χ2v) is 7.09. The quantitative estimate of drug-likeness (QED) is 0.690. The van der Waals surface area contributed by atoms with E-state index >= 15 is 0 Å². The number of anilines is 1. The molecule has 3 rings (SSSR count). The first-order chi connectivity index (χ1) is 13.2. The Balaban J connectivity index is 0.00000280. The molecule has 0 saturated carbocycles. The van der Waals surface area contributed by atoms with Crippen LogP contribution in [0.3, 0.4) is 0 Å². The molecule has 2 aromatic rings. The van der Waals surface area contributed by atoms with Crippen LogP contribution in [-0.4, -0.2) is 26.1 Å². The molecule has 2 N–H and O–H groups in total. The van der Waals surface area contributed by atoms with Gasteiger partial charge in [-0.3, -0.25) is 4.79 Å². The molecule has 0 aromatic heterocycles.